The molecule has 2 rings (SSSR count). The monoisotopic (exact) mass is 401 g/mol. The number of aliphatic hydroxyl groups is 1. The molecule has 1 atom stereocenters. The molecule has 0 fully saturated rings. The topological polar surface area (TPSA) is 124 Å². The predicted octanol–water partition coefficient (Wildman–Crippen LogP) is 1.05. The predicted molar refractivity (Wildman–Crippen MR) is 91.8 cm³/mol. The molecule has 0 radical (unpaired) electrons. The van der Waals surface area contributed by atoms with E-state index in [4.69, 9.17) is 0 Å². The lowest BCUT2D eigenvalue weighted by Crippen LogP contribution is -2.31. The van der Waals surface area contributed by atoms with E-state index in [9.17, 15) is 32.7 Å². The van der Waals surface area contributed by atoms with Crippen LogP contribution < -0.4 is 21.3 Å². The summed E-state index contributed by atoms with van der Waals surface area (Å²) in [7, 11) is 0. The summed E-state index contributed by atoms with van der Waals surface area (Å²) in [6, 6.07) is 4.61. The van der Waals surface area contributed by atoms with Crippen molar-refractivity contribution in [2.45, 2.75) is 32.2 Å². The van der Waals surface area contributed by atoms with Gasteiger partial charge in [0.05, 0.1) is 6.10 Å². The Morgan fingerprint density at radius 1 is 1.21 bits per heavy atom. The van der Waals surface area contributed by atoms with Crippen LogP contribution in [0.1, 0.15) is 29.3 Å². The smallest absolute Gasteiger partial charge is 0.406 e. The number of amides is 1. The van der Waals surface area contributed by atoms with E-state index in [0.29, 0.717) is 11.3 Å². The van der Waals surface area contributed by atoms with Crippen molar-refractivity contribution in [1.82, 2.24) is 15.3 Å². The molecule has 0 saturated heterocycles. The van der Waals surface area contributed by atoms with Crippen LogP contribution in [0.25, 0.3) is 0 Å². The number of ether oxygens (including phenoxy) is 1. The second-order valence-electron chi connectivity index (χ2n) is 5.95. The van der Waals surface area contributed by atoms with Crippen LogP contribution >= 0.6 is 0 Å². The molecule has 1 unspecified atom stereocenters. The van der Waals surface area contributed by atoms with E-state index in [1.807, 2.05) is 0 Å². The number of hydrogen-bond acceptors (Lipinski definition) is 5. The van der Waals surface area contributed by atoms with Crippen molar-refractivity contribution in [3.8, 4) is 5.75 Å². The molecule has 0 aliphatic rings. The first-order valence-corrected chi connectivity index (χ1v) is 8.17. The first-order valence-electron chi connectivity index (χ1n) is 8.17. The molecule has 11 heteroatoms. The lowest BCUT2D eigenvalue weighted by Gasteiger charge is -2.14. The Bertz CT molecular complexity index is 935. The lowest BCUT2D eigenvalue weighted by atomic mass is 10.1. The van der Waals surface area contributed by atoms with E-state index in [0.717, 1.165) is 12.1 Å². The second kappa shape index (κ2) is 8.74. The minimum absolute atomic E-state index is 0.0545. The number of aromatic nitrogens is 2. The average molecular weight is 401 g/mol. The van der Waals surface area contributed by atoms with Gasteiger partial charge in [-0.3, -0.25) is 14.6 Å². The molecule has 0 aliphatic heterocycles. The zero-order valence-electron chi connectivity index (χ0n) is 14.7. The van der Waals surface area contributed by atoms with Crippen LogP contribution in [0.2, 0.25) is 0 Å². The highest BCUT2D eigenvalue weighted by Gasteiger charge is 2.31. The summed E-state index contributed by atoms with van der Waals surface area (Å²) in [6.45, 7) is 1.37. The molecular formula is C17H18F3N3O5. The summed E-state index contributed by atoms with van der Waals surface area (Å²) in [6.07, 6.45) is -5.91. The van der Waals surface area contributed by atoms with Gasteiger partial charge in [-0.15, -0.1) is 13.2 Å². The van der Waals surface area contributed by atoms with Gasteiger partial charge in [-0.05, 0) is 31.0 Å². The highest BCUT2D eigenvalue weighted by atomic mass is 19.4. The van der Waals surface area contributed by atoms with Gasteiger partial charge in [0.15, 0.2) is 0 Å². The van der Waals surface area contributed by atoms with Gasteiger partial charge in [0.2, 0.25) is 5.91 Å². The van der Waals surface area contributed by atoms with Crippen molar-refractivity contribution in [3.63, 3.8) is 0 Å². The number of rotatable bonds is 7. The second-order valence-corrected chi connectivity index (χ2v) is 5.95. The van der Waals surface area contributed by atoms with Crippen LogP contribution in [0, 0.1) is 6.92 Å². The van der Waals surface area contributed by atoms with Gasteiger partial charge in [0.1, 0.15) is 5.75 Å². The number of aryl methyl sites for hydroxylation is 1. The van der Waals surface area contributed by atoms with Gasteiger partial charge in [-0.1, -0.05) is 12.1 Å². The number of halogens is 3. The van der Waals surface area contributed by atoms with E-state index in [-0.39, 0.29) is 24.9 Å². The lowest BCUT2D eigenvalue weighted by molar-refractivity contribution is -0.274. The number of H-pyrrole nitrogens is 2. The van der Waals surface area contributed by atoms with Crippen LogP contribution in [0.4, 0.5) is 13.2 Å². The van der Waals surface area contributed by atoms with Crippen LogP contribution in [-0.4, -0.2) is 33.9 Å². The first kappa shape index (κ1) is 21.2. The molecule has 1 heterocycles. The number of carbonyl (C=O) groups excluding carboxylic acids is 1. The van der Waals surface area contributed by atoms with E-state index < -0.39 is 35.4 Å². The fourth-order valence-electron chi connectivity index (χ4n) is 2.47. The summed E-state index contributed by atoms with van der Waals surface area (Å²) < 4.78 is 40.1. The van der Waals surface area contributed by atoms with Crippen LogP contribution in [0.15, 0.2) is 33.9 Å². The maximum atomic E-state index is 12.1. The molecule has 0 spiro atoms. The molecule has 1 aromatic carbocycles. The summed E-state index contributed by atoms with van der Waals surface area (Å²) >= 11 is 0. The van der Waals surface area contributed by atoms with Crippen molar-refractivity contribution in [2.24, 2.45) is 0 Å². The number of carbonyl (C=O) groups is 1. The van der Waals surface area contributed by atoms with Crippen molar-refractivity contribution < 1.29 is 27.8 Å². The number of alkyl halides is 3. The van der Waals surface area contributed by atoms with Gasteiger partial charge in [-0.25, -0.2) is 4.79 Å². The standard InChI is InChI=1S/C17H18F3N3O5/c1-9-12(15(26)23-16(27)22-9)6-7-14(25)21-8-13(24)10-2-4-11(5-3-10)28-17(18,19)20/h2-5,13,24H,6-8H2,1H3,(H,21,25)(H2,22,23,26,27). The minimum Gasteiger partial charge on any atom is -0.406 e. The van der Waals surface area contributed by atoms with E-state index in [1.165, 1.54) is 12.1 Å². The van der Waals surface area contributed by atoms with Crippen molar-refractivity contribution in [3.05, 3.63) is 61.9 Å². The number of hydrogen-bond donors (Lipinski definition) is 4. The largest absolute Gasteiger partial charge is 0.573 e. The Hall–Kier alpha value is -3.08. The van der Waals surface area contributed by atoms with Crippen molar-refractivity contribution in [1.29, 1.82) is 0 Å². The molecule has 0 saturated carbocycles. The quantitative estimate of drug-likeness (QED) is 0.552. The maximum Gasteiger partial charge on any atom is 0.573 e. The fourth-order valence-corrected chi connectivity index (χ4v) is 2.47. The molecule has 8 nitrogen and oxygen atoms in total. The molecule has 0 bridgehead atoms. The molecule has 0 aliphatic carbocycles. The average Bonchev–Trinajstić information content (AvgIpc) is 2.58. The van der Waals surface area contributed by atoms with E-state index in [1.54, 1.807) is 6.92 Å². The molecule has 2 aromatic rings. The van der Waals surface area contributed by atoms with Gasteiger partial charge < -0.3 is 20.1 Å². The zero-order valence-corrected chi connectivity index (χ0v) is 14.7. The van der Waals surface area contributed by atoms with E-state index >= 15 is 0 Å². The zero-order chi connectivity index (χ0) is 20.9. The van der Waals surface area contributed by atoms with Crippen LogP contribution in [0.5, 0.6) is 5.75 Å². The Labute approximate surface area is 156 Å². The van der Waals surface area contributed by atoms with Gasteiger partial charge in [-0.2, -0.15) is 0 Å². The van der Waals surface area contributed by atoms with Crippen molar-refractivity contribution >= 4 is 5.91 Å². The van der Waals surface area contributed by atoms with Gasteiger partial charge >= 0.3 is 12.1 Å². The van der Waals surface area contributed by atoms with Crippen LogP contribution in [0.3, 0.4) is 0 Å². The van der Waals surface area contributed by atoms with E-state index in [2.05, 4.69) is 20.0 Å². The highest BCUT2D eigenvalue weighted by Crippen LogP contribution is 2.24. The van der Waals surface area contributed by atoms with Gasteiger partial charge in [0.25, 0.3) is 5.56 Å². The van der Waals surface area contributed by atoms with Gasteiger partial charge in [0, 0.05) is 24.2 Å². The number of benzene rings is 1. The number of nitrogens with one attached hydrogen (secondary N) is 3. The summed E-state index contributed by atoms with van der Waals surface area (Å²) in [4.78, 5) is 39.2. The van der Waals surface area contributed by atoms with Crippen molar-refractivity contribution in [2.75, 3.05) is 6.54 Å². The summed E-state index contributed by atoms with van der Waals surface area (Å²) in [5, 5.41) is 12.5. The number of aliphatic hydroxyl groups excluding tert-OH is 1. The Balaban J connectivity index is 1.85. The molecule has 152 valence electrons. The Kier molecular flexibility index (Phi) is 6.62. The highest BCUT2D eigenvalue weighted by molar-refractivity contribution is 5.76. The normalized spacial score (nSPS) is 12.5. The third-order valence-corrected chi connectivity index (χ3v) is 3.85. The molecular weight excluding hydrogens is 383 g/mol. The van der Waals surface area contributed by atoms with Crippen LogP contribution in [-0.2, 0) is 11.2 Å². The third kappa shape index (κ3) is 6.27. The SMILES string of the molecule is Cc1[nH]c(=O)[nH]c(=O)c1CCC(=O)NCC(O)c1ccc(OC(F)(F)F)cc1. The molecule has 1 aromatic heterocycles. The fraction of sp³-hybridized carbons (Fsp3) is 0.353. The molecule has 28 heavy (non-hydrogen) atoms. The number of aromatic amines is 2. The minimum atomic E-state index is -4.81. The molecule has 1 amide bonds. The Morgan fingerprint density at radius 3 is 2.43 bits per heavy atom. The maximum absolute atomic E-state index is 12.1. The Morgan fingerprint density at radius 2 is 1.86 bits per heavy atom. The summed E-state index contributed by atoms with van der Waals surface area (Å²) in [5.41, 5.74) is -0.276. The molecule has 4 N–H and O–H groups in total. The first-order chi connectivity index (χ1) is 13.0. The summed E-state index contributed by atoms with van der Waals surface area (Å²) in [5.74, 6) is -0.866. The third-order valence-electron chi connectivity index (χ3n) is 3.85.